The van der Waals surface area contributed by atoms with Gasteiger partial charge in [0.05, 0.1) is 12.7 Å². The molecule has 31 heavy (non-hydrogen) atoms. The fourth-order valence-corrected chi connectivity index (χ4v) is 4.80. The van der Waals surface area contributed by atoms with Gasteiger partial charge in [0.1, 0.15) is 0 Å². The van der Waals surface area contributed by atoms with Crippen LogP contribution in [0.5, 0.6) is 11.5 Å². The molecule has 2 aliphatic heterocycles. The van der Waals surface area contributed by atoms with E-state index in [0.29, 0.717) is 24.8 Å². The van der Waals surface area contributed by atoms with Crippen molar-refractivity contribution in [1.82, 2.24) is 15.8 Å². The molecule has 2 heterocycles. The predicted molar refractivity (Wildman–Crippen MR) is 112 cm³/mol. The van der Waals surface area contributed by atoms with Crippen molar-refractivity contribution in [3.8, 4) is 11.5 Å². The summed E-state index contributed by atoms with van der Waals surface area (Å²) in [6.07, 6.45) is -2.44. The lowest BCUT2D eigenvalue weighted by Crippen LogP contribution is -2.44. The molecule has 0 aromatic heterocycles. The zero-order chi connectivity index (χ0) is 22.0. The van der Waals surface area contributed by atoms with Crippen molar-refractivity contribution in [3.63, 3.8) is 0 Å². The number of methoxy groups -OCH3 is 1. The van der Waals surface area contributed by atoms with Crippen LogP contribution in [0, 0.1) is 5.92 Å². The predicted octanol–water partition coefficient (Wildman–Crippen LogP) is 3.89. The van der Waals surface area contributed by atoms with Crippen LogP contribution in [0.25, 0.3) is 0 Å². The van der Waals surface area contributed by atoms with Gasteiger partial charge < -0.3 is 9.84 Å². The van der Waals surface area contributed by atoms with Crippen LogP contribution in [0.4, 0.5) is 13.2 Å². The van der Waals surface area contributed by atoms with Crippen molar-refractivity contribution in [2.75, 3.05) is 26.7 Å². The summed E-state index contributed by atoms with van der Waals surface area (Å²) in [6, 6.07) is 11.3. The molecule has 2 atom stereocenters. The van der Waals surface area contributed by atoms with Gasteiger partial charge >= 0.3 is 6.18 Å². The number of para-hydroxylation sites is 1. The van der Waals surface area contributed by atoms with Gasteiger partial charge in [0.15, 0.2) is 11.5 Å². The Morgan fingerprint density at radius 3 is 2.58 bits per heavy atom. The molecule has 0 saturated carbocycles. The summed E-state index contributed by atoms with van der Waals surface area (Å²) in [5.74, 6) is 1.02. The van der Waals surface area contributed by atoms with E-state index >= 15 is 0 Å². The Morgan fingerprint density at radius 1 is 1.13 bits per heavy atom. The highest BCUT2D eigenvalue weighted by Gasteiger charge is 2.37. The molecular formula is C23H28F3N3O2. The monoisotopic (exact) mass is 435 g/mol. The molecule has 0 bridgehead atoms. The van der Waals surface area contributed by atoms with Crippen LogP contribution in [-0.2, 0) is 12.7 Å². The molecule has 8 heteroatoms. The van der Waals surface area contributed by atoms with Crippen molar-refractivity contribution >= 4 is 0 Å². The van der Waals surface area contributed by atoms with Gasteiger partial charge in [-0.1, -0.05) is 30.3 Å². The van der Waals surface area contributed by atoms with E-state index in [2.05, 4.69) is 15.8 Å². The van der Waals surface area contributed by atoms with E-state index in [1.54, 1.807) is 12.1 Å². The van der Waals surface area contributed by atoms with E-state index in [1.165, 1.54) is 19.2 Å². The summed E-state index contributed by atoms with van der Waals surface area (Å²) in [6.45, 7) is 3.00. The number of nitrogens with one attached hydrogen (secondary N) is 2. The Labute approximate surface area is 180 Å². The fraction of sp³-hybridized carbons (Fsp3) is 0.478. The highest BCUT2D eigenvalue weighted by Crippen LogP contribution is 2.36. The van der Waals surface area contributed by atoms with Crippen molar-refractivity contribution in [2.45, 2.75) is 37.5 Å². The van der Waals surface area contributed by atoms with Gasteiger partial charge in [0.2, 0.25) is 0 Å². The standard InChI is InChI=1S/C23H28F3N3O2/c1-31-20-7-3-5-17(22(20)30)14-29-10-8-15(9-11-29)21-19(13-27-28-21)16-4-2-6-18(12-16)23(24,25)26/h2-7,12,15,19,21,27-28,30H,8-11,13-14H2,1H3. The van der Waals surface area contributed by atoms with Crippen LogP contribution in [0.1, 0.15) is 35.4 Å². The number of hydrogen-bond acceptors (Lipinski definition) is 5. The Kier molecular flexibility index (Phi) is 6.41. The third-order valence-corrected chi connectivity index (χ3v) is 6.50. The summed E-state index contributed by atoms with van der Waals surface area (Å²) in [7, 11) is 1.54. The number of likely N-dealkylation sites (tertiary alicyclic amines) is 1. The van der Waals surface area contributed by atoms with Crippen LogP contribution in [0.15, 0.2) is 42.5 Å². The molecule has 4 rings (SSSR count). The maximum Gasteiger partial charge on any atom is 0.416 e. The normalized spacial score (nSPS) is 23.2. The number of alkyl halides is 3. The van der Waals surface area contributed by atoms with Crippen LogP contribution in [-0.4, -0.2) is 42.8 Å². The van der Waals surface area contributed by atoms with E-state index < -0.39 is 11.7 Å². The number of ether oxygens (including phenoxy) is 1. The van der Waals surface area contributed by atoms with E-state index in [0.717, 1.165) is 43.1 Å². The molecule has 168 valence electrons. The third-order valence-electron chi connectivity index (χ3n) is 6.50. The molecule has 2 aromatic rings. The van der Waals surface area contributed by atoms with Crippen molar-refractivity contribution < 1.29 is 23.0 Å². The summed E-state index contributed by atoms with van der Waals surface area (Å²) < 4.78 is 44.6. The van der Waals surface area contributed by atoms with Crippen LogP contribution >= 0.6 is 0 Å². The number of halogens is 3. The Hall–Kier alpha value is -2.29. The summed E-state index contributed by atoms with van der Waals surface area (Å²) in [5, 5.41) is 10.3. The molecule has 2 aliphatic rings. The second kappa shape index (κ2) is 9.06. The minimum Gasteiger partial charge on any atom is -0.504 e. The molecule has 2 fully saturated rings. The van der Waals surface area contributed by atoms with Gasteiger partial charge in [-0.3, -0.25) is 15.8 Å². The van der Waals surface area contributed by atoms with Crippen molar-refractivity contribution in [1.29, 1.82) is 0 Å². The summed E-state index contributed by atoms with van der Waals surface area (Å²) in [5.41, 5.74) is 7.43. The van der Waals surface area contributed by atoms with Crippen molar-refractivity contribution in [3.05, 3.63) is 59.2 Å². The van der Waals surface area contributed by atoms with Gasteiger partial charge in [-0.2, -0.15) is 13.2 Å². The van der Waals surface area contributed by atoms with Crippen LogP contribution in [0.3, 0.4) is 0 Å². The molecular weight excluding hydrogens is 407 g/mol. The number of phenolic OH excluding ortho intramolecular Hbond substituents is 1. The lowest BCUT2D eigenvalue weighted by atomic mass is 9.80. The number of rotatable bonds is 5. The highest BCUT2D eigenvalue weighted by molar-refractivity contribution is 5.45. The fourth-order valence-electron chi connectivity index (χ4n) is 4.80. The van der Waals surface area contributed by atoms with Crippen molar-refractivity contribution in [2.24, 2.45) is 5.92 Å². The minimum atomic E-state index is -4.33. The average Bonchev–Trinajstić information content (AvgIpc) is 3.25. The molecule has 3 N–H and O–H groups in total. The number of nitrogens with zero attached hydrogens (tertiary/aromatic N) is 1. The smallest absolute Gasteiger partial charge is 0.416 e. The number of phenols is 1. The molecule has 2 unspecified atom stereocenters. The zero-order valence-electron chi connectivity index (χ0n) is 17.5. The summed E-state index contributed by atoms with van der Waals surface area (Å²) >= 11 is 0. The molecule has 0 radical (unpaired) electrons. The quantitative estimate of drug-likeness (QED) is 0.665. The Morgan fingerprint density at radius 2 is 1.87 bits per heavy atom. The number of benzene rings is 2. The highest BCUT2D eigenvalue weighted by atomic mass is 19.4. The van der Waals surface area contributed by atoms with E-state index in [9.17, 15) is 18.3 Å². The maximum atomic E-state index is 13.1. The van der Waals surface area contributed by atoms with Gasteiger partial charge in [-0.25, -0.2) is 0 Å². The van der Waals surface area contributed by atoms with Gasteiger partial charge in [0, 0.05) is 30.6 Å². The first kappa shape index (κ1) is 21.9. The Balaban J connectivity index is 1.39. The van der Waals surface area contributed by atoms with E-state index in [1.807, 2.05) is 12.1 Å². The molecule has 0 amide bonds. The maximum absolute atomic E-state index is 13.1. The Bertz CT molecular complexity index is 898. The first-order chi connectivity index (χ1) is 14.9. The number of piperidine rings is 1. The molecule has 0 spiro atoms. The third kappa shape index (κ3) is 4.81. The first-order valence-electron chi connectivity index (χ1n) is 10.6. The minimum absolute atomic E-state index is 0.00118. The van der Waals surface area contributed by atoms with Crippen LogP contribution < -0.4 is 15.6 Å². The molecule has 0 aliphatic carbocycles. The van der Waals surface area contributed by atoms with Gasteiger partial charge in [-0.05, 0) is 49.5 Å². The first-order valence-corrected chi connectivity index (χ1v) is 10.6. The van der Waals surface area contributed by atoms with Crippen LogP contribution in [0.2, 0.25) is 0 Å². The summed E-state index contributed by atoms with van der Waals surface area (Å²) in [4.78, 5) is 2.30. The second-order valence-corrected chi connectivity index (χ2v) is 8.36. The molecule has 5 nitrogen and oxygen atoms in total. The molecule has 2 saturated heterocycles. The van der Waals surface area contributed by atoms with E-state index in [-0.39, 0.29) is 17.7 Å². The topological polar surface area (TPSA) is 56.8 Å². The molecule has 2 aromatic carbocycles. The SMILES string of the molecule is COc1cccc(CN2CCC(C3NNCC3c3cccc(C(F)(F)F)c3)CC2)c1O. The van der Waals surface area contributed by atoms with E-state index in [4.69, 9.17) is 4.74 Å². The zero-order valence-corrected chi connectivity index (χ0v) is 17.5. The number of hydrogen-bond donors (Lipinski definition) is 3. The number of aromatic hydroxyl groups is 1. The van der Waals surface area contributed by atoms with Gasteiger partial charge in [0.25, 0.3) is 0 Å². The van der Waals surface area contributed by atoms with Gasteiger partial charge in [-0.15, -0.1) is 0 Å². The average molecular weight is 435 g/mol. The second-order valence-electron chi connectivity index (χ2n) is 8.36. The largest absolute Gasteiger partial charge is 0.504 e. The number of hydrazine groups is 1. The lowest BCUT2D eigenvalue weighted by molar-refractivity contribution is -0.137. The lowest BCUT2D eigenvalue weighted by Gasteiger charge is -2.36.